The first-order valence-electron chi connectivity index (χ1n) is 6.59. The first kappa shape index (κ1) is 13.6. The Bertz CT molecular complexity index is 602. The molecule has 1 aliphatic rings. The summed E-state index contributed by atoms with van der Waals surface area (Å²) in [6.07, 6.45) is 3.73. The lowest BCUT2D eigenvalue weighted by Gasteiger charge is -2.11. The molecular formula is C14H16FN3OS. The zero-order valence-corrected chi connectivity index (χ0v) is 12.1. The van der Waals surface area contributed by atoms with E-state index in [1.165, 1.54) is 11.6 Å². The third-order valence-electron chi connectivity index (χ3n) is 3.49. The van der Waals surface area contributed by atoms with Gasteiger partial charge in [-0.05, 0) is 36.1 Å². The van der Waals surface area contributed by atoms with Gasteiger partial charge in [0.2, 0.25) is 0 Å². The summed E-state index contributed by atoms with van der Waals surface area (Å²) in [6.45, 7) is 1.36. The monoisotopic (exact) mass is 293 g/mol. The Hall–Kier alpha value is -1.40. The minimum absolute atomic E-state index is 0.169. The third-order valence-corrected chi connectivity index (χ3v) is 4.80. The number of thioether (sulfide) groups is 1. The van der Waals surface area contributed by atoms with E-state index in [4.69, 9.17) is 4.74 Å². The highest BCUT2D eigenvalue weighted by Crippen LogP contribution is 2.44. The van der Waals surface area contributed by atoms with Gasteiger partial charge < -0.3 is 9.30 Å². The largest absolute Gasteiger partial charge is 0.383 e. The second-order valence-corrected chi connectivity index (χ2v) is 5.96. The molecule has 0 amide bonds. The van der Waals surface area contributed by atoms with E-state index in [9.17, 15) is 4.39 Å². The summed E-state index contributed by atoms with van der Waals surface area (Å²) >= 11 is 1.65. The van der Waals surface area contributed by atoms with Crippen LogP contribution < -0.4 is 0 Å². The molecule has 0 saturated heterocycles. The van der Waals surface area contributed by atoms with Crippen LogP contribution in [-0.4, -0.2) is 28.5 Å². The highest BCUT2D eigenvalue weighted by Gasteiger charge is 2.25. The summed E-state index contributed by atoms with van der Waals surface area (Å²) in [5.41, 5.74) is 2.34. The highest BCUT2D eigenvalue weighted by atomic mass is 32.2. The molecule has 3 rings (SSSR count). The molecule has 0 aliphatic heterocycles. The molecule has 4 nitrogen and oxygen atoms in total. The Morgan fingerprint density at radius 3 is 3.25 bits per heavy atom. The Labute approximate surface area is 121 Å². The van der Waals surface area contributed by atoms with Crippen molar-refractivity contribution in [2.45, 2.75) is 29.8 Å². The SMILES string of the molecule is COCCn1cnnc1S[C@H]1CCc2ccc(F)cc21. The summed E-state index contributed by atoms with van der Waals surface area (Å²) in [4.78, 5) is 0. The number of nitrogens with zero attached hydrogens (tertiary/aromatic N) is 3. The van der Waals surface area contributed by atoms with Gasteiger partial charge in [0.25, 0.3) is 0 Å². The minimum atomic E-state index is -0.169. The van der Waals surface area contributed by atoms with Gasteiger partial charge in [0.05, 0.1) is 6.61 Å². The number of fused-ring (bicyclic) bond motifs is 1. The van der Waals surface area contributed by atoms with E-state index in [-0.39, 0.29) is 11.1 Å². The molecule has 0 radical (unpaired) electrons. The number of aromatic nitrogens is 3. The Morgan fingerprint density at radius 1 is 1.50 bits per heavy atom. The Morgan fingerprint density at radius 2 is 2.40 bits per heavy atom. The fourth-order valence-electron chi connectivity index (χ4n) is 2.46. The molecule has 6 heteroatoms. The van der Waals surface area contributed by atoms with Crippen LogP contribution in [-0.2, 0) is 17.7 Å². The van der Waals surface area contributed by atoms with Crippen LogP contribution >= 0.6 is 11.8 Å². The van der Waals surface area contributed by atoms with Crippen LogP contribution in [0.1, 0.15) is 22.8 Å². The molecule has 1 aromatic carbocycles. The average Bonchev–Trinajstić information content (AvgIpc) is 3.04. The van der Waals surface area contributed by atoms with Crippen LogP contribution in [0.3, 0.4) is 0 Å². The van der Waals surface area contributed by atoms with Gasteiger partial charge in [0.1, 0.15) is 12.1 Å². The second-order valence-electron chi connectivity index (χ2n) is 4.79. The van der Waals surface area contributed by atoms with Crippen molar-refractivity contribution in [1.29, 1.82) is 0 Å². The van der Waals surface area contributed by atoms with Crippen LogP contribution in [0.25, 0.3) is 0 Å². The van der Waals surface area contributed by atoms with Crippen molar-refractivity contribution in [3.63, 3.8) is 0 Å². The molecule has 2 aromatic rings. The molecule has 106 valence electrons. The topological polar surface area (TPSA) is 39.9 Å². The number of ether oxygens (including phenoxy) is 1. The summed E-state index contributed by atoms with van der Waals surface area (Å²) < 4.78 is 20.5. The maximum atomic E-state index is 13.4. The lowest BCUT2D eigenvalue weighted by molar-refractivity contribution is 0.184. The number of hydrogen-bond acceptors (Lipinski definition) is 4. The van der Waals surface area contributed by atoms with Gasteiger partial charge in [0, 0.05) is 18.9 Å². The molecule has 0 spiro atoms. The van der Waals surface area contributed by atoms with Crippen LogP contribution in [0.5, 0.6) is 0 Å². The standard InChI is InChI=1S/C14H16FN3OS/c1-19-7-6-18-9-16-17-14(18)20-13-5-3-10-2-4-11(15)8-12(10)13/h2,4,8-9,13H,3,5-7H2,1H3/t13-/m0/s1. The van der Waals surface area contributed by atoms with E-state index >= 15 is 0 Å². The average molecular weight is 293 g/mol. The van der Waals surface area contributed by atoms with Crippen LogP contribution in [0.2, 0.25) is 0 Å². The Balaban J connectivity index is 1.77. The normalized spacial score (nSPS) is 17.4. The first-order valence-corrected chi connectivity index (χ1v) is 7.47. The van der Waals surface area contributed by atoms with Crippen molar-refractivity contribution < 1.29 is 9.13 Å². The van der Waals surface area contributed by atoms with E-state index < -0.39 is 0 Å². The summed E-state index contributed by atoms with van der Waals surface area (Å²) in [6, 6.07) is 5.07. The number of methoxy groups -OCH3 is 1. The zero-order valence-electron chi connectivity index (χ0n) is 11.3. The van der Waals surface area contributed by atoms with E-state index in [1.807, 2.05) is 10.6 Å². The van der Waals surface area contributed by atoms with Crippen LogP contribution in [0, 0.1) is 5.82 Å². The van der Waals surface area contributed by atoms with Gasteiger partial charge >= 0.3 is 0 Å². The summed E-state index contributed by atoms with van der Waals surface area (Å²) in [7, 11) is 1.67. The van der Waals surface area contributed by atoms with E-state index in [0.717, 1.165) is 30.1 Å². The summed E-state index contributed by atoms with van der Waals surface area (Å²) in [5, 5.41) is 9.23. The fraction of sp³-hybridized carbons (Fsp3) is 0.429. The number of benzene rings is 1. The molecule has 0 saturated carbocycles. The quantitative estimate of drug-likeness (QED) is 0.850. The molecule has 1 atom stereocenters. The van der Waals surface area contributed by atoms with Crippen molar-refractivity contribution in [3.8, 4) is 0 Å². The van der Waals surface area contributed by atoms with E-state index in [2.05, 4.69) is 10.2 Å². The molecule has 0 bridgehead atoms. The van der Waals surface area contributed by atoms with E-state index in [1.54, 1.807) is 31.3 Å². The lowest BCUT2D eigenvalue weighted by atomic mass is 10.1. The fourth-order valence-corrected chi connectivity index (χ4v) is 3.67. The molecule has 20 heavy (non-hydrogen) atoms. The van der Waals surface area contributed by atoms with Crippen molar-refractivity contribution >= 4 is 11.8 Å². The molecular weight excluding hydrogens is 277 g/mol. The number of hydrogen-bond donors (Lipinski definition) is 0. The van der Waals surface area contributed by atoms with Crippen LogP contribution in [0.15, 0.2) is 29.7 Å². The smallest absolute Gasteiger partial charge is 0.191 e. The second kappa shape index (κ2) is 5.93. The molecule has 0 fully saturated rings. The number of aryl methyl sites for hydroxylation is 1. The lowest BCUT2D eigenvalue weighted by Crippen LogP contribution is -2.05. The number of halogens is 1. The maximum Gasteiger partial charge on any atom is 0.191 e. The van der Waals surface area contributed by atoms with Gasteiger partial charge in [0.15, 0.2) is 5.16 Å². The Kier molecular flexibility index (Phi) is 4.03. The minimum Gasteiger partial charge on any atom is -0.383 e. The molecule has 0 N–H and O–H groups in total. The predicted octanol–water partition coefficient (Wildman–Crippen LogP) is 2.84. The molecule has 1 heterocycles. The van der Waals surface area contributed by atoms with Gasteiger partial charge in [-0.15, -0.1) is 10.2 Å². The molecule has 1 aromatic heterocycles. The van der Waals surface area contributed by atoms with Crippen LogP contribution in [0.4, 0.5) is 4.39 Å². The highest BCUT2D eigenvalue weighted by molar-refractivity contribution is 7.99. The van der Waals surface area contributed by atoms with Crippen molar-refractivity contribution in [2.24, 2.45) is 0 Å². The zero-order chi connectivity index (χ0) is 13.9. The first-order chi connectivity index (χ1) is 9.78. The van der Waals surface area contributed by atoms with Gasteiger partial charge in [-0.2, -0.15) is 0 Å². The van der Waals surface area contributed by atoms with Gasteiger partial charge in [-0.25, -0.2) is 4.39 Å². The summed E-state index contributed by atoms with van der Waals surface area (Å²) in [5.74, 6) is -0.169. The van der Waals surface area contributed by atoms with Crippen molar-refractivity contribution in [2.75, 3.05) is 13.7 Å². The maximum absolute atomic E-state index is 13.4. The third kappa shape index (κ3) is 2.71. The van der Waals surface area contributed by atoms with Crippen molar-refractivity contribution in [3.05, 3.63) is 41.5 Å². The van der Waals surface area contributed by atoms with Gasteiger partial charge in [-0.1, -0.05) is 17.8 Å². The van der Waals surface area contributed by atoms with E-state index in [0.29, 0.717) is 6.61 Å². The van der Waals surface area contributed by atoms with Gasteiger partial charge in [-0.3, -0.25) is 0 Å². The molecule has 0 unspecified atom stereocenters. The molecule has 1 aliphatic carbocycles. The number of rotatable bonds is 5. The van der Waals surface area contributed by atoms with Crippen molar-refractivity contribution in [1.82, 2.24) is 14.8 Å². The predicted molar refractivity (Wildman–Crippen MR) is 75.2 cm³/mol.